The molecule has 1 unspecified atom stereocenters. The zero-order chi connectivity index (χ0) is 9.84. The molecule has 0 saturated heterocycles. The van der Waals surface area contributed by atoms with Gasteiger partial charge in [-0.15, -0.1) is 11.3 Å². The summed E-state index contributed by atoms with van der Waals surface area (Å²) in [6, 6.07) is 0.559. The van der Waals surface area contributed by atoms with Gasteiger partial charge in [0, 0.05) is 23.7 Å². The SMILES string of the molecule is Cc1csc(CNC(C)C(C)C)n1. The summed E-state index contributed by atoms with van der Waals surface area (Å²) >= 11 is 1.73. The Morgan fingerprint density at radius 3 is 2.62 bits per heavy atom. The highest BCUT2D eigenvalue weighted by Crippen LogP contribution is 2.09. The third kappa shape index (κ3) is 3.44. The maximum absolute atomic E-state index is 4.40. The summed E-state index contributed by atoms with van der Waals surface area (Å²) < 4.78 is 0. The van der Waals surface area contributed by atoms with Gasteiger partial charge in [-0.25, -0.2) is 4.98 Å². The van der Waals surface area contributed by atoms with Gasteiger partial charge in [-0.2, -0.15) is 0 Å². The summed E-state index contributed by atoms with van der Waals surface area (Å²) in [7, 11) is 0. The van der Waals surface area contributed by atoms with Gasteiger partial charge in [0.25, 0.3) is 0 Å². The van der Waals surface area contributed by atoms with Gasteiger partial charge in [-0.3, -0.25) is 0 Å². The van der Waals surface area contributed by atoms with Crippen LogP contribution in [0, 0.1) is 12.8 Å². The van der Waals surface area contributed by atoms with Crippen molar-refractivity contribution in [1.82, 2.24) is 10.3 Å². The van der Waals surface area contributed by atoms with Crippen molar-refractivity contribution >= 4 is 11.3 Å². The van der Waals surface area contributed by atoms with Crippen molar-refractivity contribution in [1.29, 1.82) is 0 Å². The minimum atomic E-state index is 0.559. The Labute approximate surface area is 84.4 Å². The first kappa shape index (κ1) is 10.7. The minimum absolute atomic E-state index is 0.559. The van der Waals surface area contributed by atoms with E-state index in [1.807, 2.05) is 6.92 Å². The molecule has 1 N–H and O–H groups in total. The molecule has 1 rings (SSSR count). The quantitative estimate of drug-likeness (QED) is 0.804. The Kier molecular flexibility index (Phi) is 3.88. The number of nitrogens with one attached hydrogen (secondary N) is 1. The van der Waals surface area contributed by atoms with Crippen molar-refractivity contribution in [2.24, 2.45) is 5.92 Å². The lowest BCUT2D eigenvalue weighted by molar-refractivity contribution is 0.425. The largest absolute Gasteiger partial charge is 0.308 e. The van der Waals surface area contributed by atoms with Crippen molar-refractivity contribution in [3.8, 4) is 0 Å². The lowest BCUT2D eigenvalue weighted by Crippen LogP contribution is -2.30. The lowest BCUT2D eigenvalue weighted by atomic mass is 10.1. The number of rotatable bonds is 4. The molecule has 0 amide bonds. The number of hydrogen-bond donors (Lipinski definition) is 1. The fraction of sp³-hybridized carbons (Fsp3) is 0.700. The molecule has 74 valence electrons. The van der Waals surface area contributed by atoms with Crippen molar-refractivity contribution < 1.29 is 0 Å². The topological polar surface area (TPSA) is 24.9 Å². The molecule has 0 aliphatic heterocycles. The Morgan fingerprint density at radius 1 is 1.46 bits per heavy atom. The smallest absolute Gasteiger partial charge is 0.107 e. The summed E-state index contributed by atoms with van der Waals surface area (Å²) in [5.74, 6) is 0.682. The van der Waals surface area contributed by atoms with Gasteiger partial charge in [-0.05, 0) is 19.8 Å². The zero-order valence-corrected chi connectivity index (χ0v) is 9.61. The molecule has 0 bridgehead atoms. The van der Waals surface area contributed by atoms with E-state index in [2.05, 4.69) is 36.5 Å². The first-order valence-electron chi connectivity index (χ1n) is 4.74. The van der Waals surface area contributed by atoms with E-state index in [-0.39, 0.29) is 0 Å². The molecule has 13 heavy (non-hydrogen) atoms. The first-order chi connectivity index (χ1) is 6.09. The summed E-state index contributed by atoms with van der Waals surface area (Å²) in [5, 5.41) is 6.74. The molecule has 0 radical (unpaired) electrons. The monoisotopic (exact) mass is 198 g/mol. The number of hydrogen-bond acceptors (Lipinski definition) is 3. The molecule has 0 spiro atoms. The number of aryl methyl sites for hydroxylation is 1. The predicted molar refractivity (Wildman–Crippen MR) is 58.0 cm³/mol. The van der Waals surface area contributed by atoms with Crippen molar-refractivity contribution in [2.75, 3.05) is 0 Å². The third-order valence-electron chi connectivity index (χ3n) is 2.24. The van der Waals surface area contributed by atoms with E-state index >= 15 is 0 Å². The van der Waals surface area contributed by atoms with Crippen LogP contribution < -0.4 is 5.32 Å². The molecule has 0 fully saturated rings. The predicted octanol–water partition coefficient (Wildman–Crippen LogP) is 2.59. The van der Waals surface area contributed by atoms with Crippen LogP contribution in [0.2, 0.25) is 0 Å². The second kappa shape index (κ2) is 4.72. The van der Waals surface area contributed by atoms with Crippen LogP contribution >= 0.6 is 11.3 Å². The van der Waals surface area contributed by atoms with E-state index < -0.39 is 0 Å². The Morgan fingerprint density at radius 2 is 2.15 bits per heavy atom. The van der Waals surface area contributed by atoms with E-state index in [4.69, 9.17) is 0 Å². The standard InChI is InChI=1S/C10H18N2S/c1-7(2)9(4)11-5-10-12-8(3)6-13-10/h6-7,9,11H,5H2,1-4H3. The highest BCUT2D eigenvalue weighted by molar-refractivity contribution is 7.09. The van der Waals surface area contributed by atoms with Crippen LogP contribution in [0.5, 0.6) is 0 Å². The van der Waals surface area contributed by atoms with Gasteiger partial charge in [0.1, 0.15) is 5.01 Å². The molecular formula is C10H18N2S. The summed E-state index contributed by atoms with van der Waals surface area (Å²) in [6.07, 6.45) is 0. The van der Waals surface area contributed by atoms with Gasteiger partial charge in [0.15, 0.2) is 0 Å². The number of thiazole rings is 1. The molecular weight excluding hydrogens is 180 g/mol. The number of aromatic nitrogens is 1. The zero-order valence-electron chi connectivity index (χ0n) is 8.79. The van der Waals surface area contributed by atoms with Crippen LogP contribution in [0.25, 0.3) is 0 Å². The number of nitrogens with zero attached hydrogens (tertiary/aromatic N) is 1. The molecule has 3 heteroatoms. The average molecular weight is 198 g/mol. The summed E-state index contributed by atoms with van der Waals surface area (Å²) in [5.41, 5.74) is 1.12. The third-order valence-corrected chi connectivity index (χ3v) is 3.21. The van der Waals surface area contributed by atoms with Gasteiger partial charge < -0.3 is 5.32 Å². The molecule has 0 saturated carbocycles. The first-order valence-corrected chi connectivity index (χ1v) is 5.62. The molecule has 0 aliphatic rings. The maximum Gasteiger partial charge on any atom is 0.107 e. The van der Waals surface area contributed by atoms with Crippen molar-refractivity contribution in [3.63, 3.8) is 0 Å². The van der Waals surface area contributed by atoms with E-state index in [1.165, 1.54) is 5.01 Å². The van der Waals surface area contributed by atoms with Crippen LogP contribution in [-0.2, 0) is 6.54 Å². The van der Waals surface area contributed by atoms with Gasteiger partial charge in [-0.1, -0.05) is 13.8 Å². The summed E-state index contributed by atoms with van der Waals surface area (Å²) in [6.45, 7) is 9.60. The van der Waals surface area contributed by atoms with E-state index in [9.17, 15) is 0 Å². The van der Waals surface area contributed by atoms with Gasteiger partial charge >= 0.3 is 0 Å². The van der Waals surface area contributed by atoms with E-state index in [0.717, 1.165) is 12.2 Å². The van der Waals surface area contributed by atoms with Crippen LogP contribution in [0.3, 0.4) is 0 Å². The van der Waals surface area contributed by atoms with Crippen molar-refractivity contribution in [2.45, 2.75) is 40.3 Å². The molecule has 1 heterocycles. The lowest BCUT2D eigenvalue weighted by Gasteiger charge is -2.16. The molecule has 0 aliphatic carbocycles. The average Bonchev–Trinajstić information content (AvgIpc) is 2.47. The highest BCUT2D eigenvalue weighted by Gasteiger charge is 2.06. The molecule has 1 aromatic rings. The van der Waals surface area contributed by atoms with Crippen LogP contribution in [-0.4, -0.2) is 11.0 Å². The molecule has 0 aromatic carbocycles. The second-order valence-electron chi connectivity index (χ2n) is 3.80. The molecule has 2 nitrogen and oxygen atoms in total. The van der Waals surface area contributed by atoms with E-state index in [0.29, 0.717) is 12.0 Å². The Bertz CT molecular complexity index is 255. The maximum atomic E-state index is 4.40. The van der Waals surface area contributed by atoms with Crippen LogP contribution in [0.1, 0.15) is 31.5 Å². The fourth-order valence-electron chi connectivity index (χ4n) is 0.968. The Hall–Kier alpha value is -0.410. The second-order valence-corrected chi connectivity index (χ2v) is 4.74. The normalized spacial score (nSPS) is 13.6. The van der Waals surface area contributed by atoms with Gasteiger partial charge in [0.05, 0.1) is 0 Å². The minimum Gasteiger partial charge on any atom is -0.308 e. The van der Waals surface area contributed by atoms with Crippen LogP contribution in [0.4, 0.5) is 0 Å². The van der Waals surface area contributed by atoms with Gasteiger partial charge in [0.2, 0.25) is 0 Å². The molecule has 1 aromatic heterocycles. The highest BCUT2D eigenvalue weighted by atomic mass is 32.1. The molecule has 1 atom stereocenters. The van der Waals surface area contributed by atoms with Crippen molar-refractivity contribution in [3.05, 3.63) is 16.1 Å². The summed E-state index contributed by atoms with van der Waals surface area (Å²) in [4.78, 5) is 4.40. The van der Waals surface area contributed by atoms with E-state index in [1.54, 1.807) is 11.3 Å². The van der Waals surface area contributed by atoms with Crippen LogP contribution in [0.15, 0.2) is 5.38 Å². The fourth-order valence-corrected chi connectivity index (χ4v) is 1.69. The Balaban J connectivity index is 2.35.